The second-order valence-electron chi connectivity index (χ2n) is 4.00. The minimum Gasteiger partial charge on any atom is -0.496 e. The lowest BCUT2D eigenvalue weighted by Gasteiger charge is -2.12. The van der Waals surface area contributed by atoms with Gasteiger partial charge < -0.3 is 4.74 Å². The molecule has 6 nitrogen and oxygen atoms in total. The molecule has 0 N–H and O–H groups in total. The van der Waals surface area contributed by atoms with Crippen molar-refractivity contribution in [2.24, 2.45) is 0 Å². The molecule has 0 aliphatic rings. The number of para-hydroxylation sites is 1. The van der Waals surface area contributed by atoms with Crippen molar-refractivity contribution in [3.8, 4) is 11.8 Å². The van der Waals surface area contributed by atoms with Gasteiger partial charge in [0.2, 0.25) is 0 Å². The molecule has 2 rings (SSSR count). The lowest BCUT2D eigenvalue weighted by molar-refractivity contribution is -0.385. The molecule has 0 radical (unpaired) electrons. The lowest BCUT2D eigenvalue weighted by atomic mass is 9.95. The molecule has 0 saturated heterocycles. The number of pyridine rings is 1. The molecule has 0 aliphatic carbocycles. The zero-order valence-electron chi connectivity index (χ0n) is 10.7. The first-order valence-electron chi connectivity index (χ1n) is 5.80. The van der Waals surface area contributed by atoms with Crippen molar-refractivity contribution in [2.45, 2.75) is 5.92 Å². The van der Waals surface area contributed by atoms with E-state index >= 15 is 0 Å². The minimum atomic E-state index is -0.632. The Hall–Kier alpha value is -2.94. The van der Waals surface area contributed by atoms with Crippen LogP contribution in [0.1, 0.15) is 17.2 Å². The molecule has 1 heterocycles. The normalized spacial score (nSPS) is 11.4. The summed E-state index contributed by atoms with van der Waals surface area (Å²) in [5, 5.41) is 20.0. The standard InChI is InChI=1S/C14H11N3O3/c1-20-14-5-3-2-4-11(14)12(8-15)13-7-6-10(9-16-13)17(18)19/h2-7,9,12H,1H3. The van der Waals surface area contributed by atoms with Gasteiger partial charge in [0.15, 0.2) is 0 Å². The van der Waals surface area contributed by atoms with Crippen LogP contribution in [0.25, 0.3) is 0 Å². The van der Waals surface area contributed by atoms with Gasteiger partial charge in [-0.3, -0.25) is 15.1 Å². The van der Waals surface area contributed by atoms with E-state index in [4.69, 9.17) is 4.74 Å². The van der Waals surface area contributed by atoms with E-state index < -0.39 is 10.8 Å². The quantitative estimate of drug-likeness (QED) is 0.628. The van der Waals surface area contributed by atoms with Crippen LogP contribution < -0.4 is 4.74 Å². The molecule has 1 aromatic carbocycles. The zero-order valence-corrected chi connectivity index (χ0v) is 10.7. The van der Waals surface area contributed by atoms with E-state index in [0.717, 1.165) is 6.20 Å². The molecule has 1 aromatic heterocycles. The third kappa shape index (κ3) is 2.57. The number of rotatable bonds is 4. The number of ether oxygens (including phenoxy) is 1. The first kappa shape index (κ1) is 13.5. The summed E-state index contributed by atoms with van der Waals surface area (Å²) in [6.45, 7) is 0. The van der Waals surface area contributed by atoms with E-state index in [1.165, 1.54) is 19.2 Å². The molecule has 0 saturated carbocycles. The Labute approximate surface area is 115 Å². The summed E-state index contributed by atoms with van der Waals surface area (Å²) in [4.78, 5) is 14.1. The van der Waals surface area contributed by atoms with E-state index in [1.54, 1.807) is 24.3 Å². The van der Waals surface area contributed by atoms with Crippen LogP contribution in [0.3, 0.4) is 0 Å². The van der Waals surface area contributed by atoms with E-state index in [0.29, 0.717) is 17.0 Å². The van der Waals surface area contributed by atoms with Gasteiger partial charge in [-0.15, -0.1) is 0 Å². The number of nitro groups is 1. The molecule has 1 unspecified atom stereocenters. The van der Waals surface area contributed by atoms with Crippen LogP contribution in [0.5, 0.6) is 5.75 Å². The zero-order chi connectivity index (χ0) is 14.5. The Morgan fingerprint density at radius 2 is 2.10 bits per heavy atom. The van der Waals surface area contributed by atoms with Gasteiger partial charge in [0.1, 0.15) is 17.9 Å². The molecule has 0 aliphatic heterocycles. The number of hydrogen-bond donors (Lipinski definition) is 0. The van der Waals surface area contributed by atoms with Crippen molar-refractivity contribution in [2.75, 3.05) is 7.11 Å². The largest absolute Gasteiger partial charge is 0.496 e. The van der Waals surface area contributed by atoms with E-state index in [9.17, 15) is 15.4 Å². The summed E-state index contributed by atoms with van der Waals surface area (Å²) in [6, 6.07) is 12.1. The molecule has 2 aromatic rings. The third-order valence-corrected chi connectivity index (χ3v) is 2.86. The highest BCUT2D eigenvalue weighted by Crippen LogP contribution is 2.30. The molecule has 100 valence electrons. The third-order valence-electron chi connectivity index (χ3n) is 2.86. The van der Waals surface area contributed by atoms with Gasteiger partial charge in [-0.2, -0.15) is 5.26 Å². The summed E-state index contributed by atoms with van der Waals surface area (Å²) in [6.07, 6.45) is 1.15. The number of hydrogen-bond acceptors (Lipinski definition) is 5. The first-order chi connectivity index (χ1) is 9.67. The number of nitriles is 1. The monoisotopic (exact) mass is 269 g/mol. The van der Waals surface area contributed by atoms with E-state index in [2.05, 4.69) is 11.1 Å². The number of nitrogens with zero attached hydrogens (tertiary/aromatic N) is 3. The smallest absolute Gasteiger partial charge is 0.287 e. The fraction of sp³-hybridized carbons (Fsp3) is 0.143. The maximum atomic E-state index is 10.6. The summed E-state index contributed by atoms with van der Waals surface area (Å²) in [5.41, 5.74) is 1.02. The Morgan fingerprint density at radius 1 is 1.35 bits per heavy atom. The molecule has 0 bridgehead atoms. The van der Waals surface area contributed by atoms with Gasteiger partial charge in [-0.1, -0.05) is 18.2 Å². The molecule has 20 heavy (non-hydrogen) atoms. The maximum absolute atomic E-state index is 10.6. The molecular weight excluding hydrogens is 258 g/mol. The summed E-state index contributed by atoms with van der Waals surface area (Å²) in [5.74, 6) is -0.0499. The highest BCUT2D eigenvalue weighted by atomic mass is 16.6. The van der Waals surface area contributed by atoms with Crippen LogP contribution in [0, 0.1) is 21.4 Å². The number of benzene rings is 1. The predicted molar refractivity (Wildman–Crippen MR) is 71.3 cm³/mol. The van der Waals surface area contributed by atoms with Crippen molar-refractivity contribution in [1.29, 1.82) is 5.26 Å². The van der Waals surface area contributed by atoms with Crippen LogP contribution in [0.4, 0.5) is 5.69 Å². The SMILES string of the molecule is COc1ccccc1C(C#N)c1ccc([N+](=O)[O-])cn1. The highest BCUT2D eigenvalue weighted by Gasteiger charge is 2.19. The Balaban J connectivity index is 2.42. The lowest BCUT2D eigenvalue weighted by Crippen LogP contribution is -2.03. The van der Waals surface area contributed by atoms with Crippen LogP contribution in [-0.4, -0.2) is 17.0 Å². The Kier molecular flexibility index (Phi) is 3.91. The fourth-order valence-corrected chi connectivity index (χ4v) is 1.88. The van der Waals surface area contributed by atoms with Crippen LogP contribution in [0.2, 0.25) is 0 Å². The van der Waals surface area contributed by atoms with E-state index in [-0.39, 0.29) is 5.69 Å². The van der Waals surface area contributed by atoms with Crippen molar-refractivity contribution < 1.29 is 9.66 Å². The van der Waals surface area contributed by atoms with Crippen molar-refractivity contribution in [1.82, 2.24) is 4.98 Å². The number of methoxy groups -OCH3 is 1. The van der Waals surface area contributed by atoms with Gasteiger partial charge in [-0.05, 0) is 12.1 Å². The molecular formula is C14H11N3O3. The average Bonchev–Trinajstić information content (AvgIpc) is 2.49. The van der Waals surface area contributed by atoms with Crippen LogP contribution >= 0.6 is 0 Å². The van der Waals surface area contributed by atoms with Gasteiger partial charge in [0.25, 0.3) is 5.69 Å². The molecule has 1 atom stereocenters. The fourth-order valence-electron chi connectivity index (χ4n) is 1.88. The molecule has 0 fully saturated rings. The van der Waals surface area contributed by atoms with Crippen LogP contribution in [0.15, 0.2) is 42.6 Å². The van der Waals surface area contributed by atoms with Gasteiger partial charge in [0, 0.05) is 11.6 Å². The minimum absolute atomic E-state index is 0.106. The molecule has 6 heteroatoms. The highest BCUT2D eigenvalue weighted by molar-refractivity contribution is 5.45. The Bertz CT molecular complexity index is 662. The summed E-state index contributed by atoms with van der Waals surface area (Å²) >= 11 is 0. The topological polar surface area (TPSA) is 89.0 Å². The summed E-state index contributed by atoms with van der Waals surface area (Å²) in [7, 11) is 1.52. The maximum Gasteiger partial charge on any atom is 0.287 e. The van der Waals surface area contributed by atoms with Crippen molar-refractivity contribution >= 4 is 5.69 Å². The predicted octanol–water partition coefficient (Wildman–Crippen LogP) is 2.65. The Morgan fingerprint density at radius 3 is 2.65 bits per heavy atom. The van der Waals surface area contributed by atoms with Crippen LogP contribution in [-0.2, 0) is 0 Å². The summed E-state index contributed by atoms with van der Waals surface area (Å²) < 4.78 is 5.22. The molecule has 0 amide bonds. The first-order valence-corrected chi connectivity index (χ1v) is 5.80. The average molecular weight is 269 g/mol. The second kappa shape index (κ2) is 5.80. The second-order valence-corrected chi connectivity index (χ2v) is 4.00. The number of aromatic nitrogens is 1. The van der Waals surface area contributed by atoms with Gasteiger partial charge in [-0.25, -0.2) is 0 Å². The van der Waals surface area contributed by atoms with Gasteiger partial charge >= 0.3 is 0 Å². The van der Waals surface area contributed by atoms with Crippen molar-refractivity contribution in [3.63, 3.8) is 0 Å². The van der Waals surface area contributed by atoms with Gasteiger partial charge in [0.05, 0.1) is 23.8 Å². The van der Waals surface area contributed by atoms with Crippen molar-refractivity contribution in [3.05, 3.63) is 64.0 Å². The molecule has 0 spiro atoms. The van der Waals surface area contributed by atoms with E-state index in [1.807, 2.05) is 0 Å².